The fraction of sp³-hybridized carbons (Fsp3) is 0.0588. The van der Waals surface area contributed by atoms with Crippen LogP contribution >= 0.6 is 0 Å². The molecule has 0 atom stereocenters. The molecular weight excluding hydrogens is 845 g/mol. The summed E-state index contributed by atoms with van der Waals surface area (Å²) in [5.41, 5.74) is 25.0. The minimum absolute atomic E-state index is 0.115. The van der Waals surface area contributed by atoms with E-state index in [4.69, 9.17) is 0 Å². The second-order valence-corrected chi connectivity index (χ2v) is 20.0. The van der Waals surface area contributed by atoms with Crippen LogP contribution in [0.5, 0.6) is 0 Å². The van der Waals surface area contributed by atoms with Crippen LogP contribution in [0.15, 0.2) is 243 Å². The lowest BCUT2D eigenvalue weighted by molar-refractivity contribution is 0.660. The molecule has 0 saturated heterocycles. The van der Waals surface area contributed by atoms with E-state index < -0.39 is 0 Å². The number of anilines is 3. The second-order valence-electron chi connectivity index (χ2n) is 20.0. The number of aromatic nitrogens is 1. The number of rotatable bonds is 5. The minimum atomic E-state index is -0.347. The summed E-state index contributed by atoms with van der Waals surface area (Å²) in [6, 6.07) is 91.0. The molecule has 12 aromatic rings. The molecule has 0 bridgehead atoms. The van der Waals surface area contributed by atoms with Crippen molar-refractivity contribution in [1.29, 1.82) is 0 Å². The molecular formula is C68H46N2. The molecule has 0 aliphatic heterocycles. The van der Waals surface area contributed by atoms with Crippen LogP contribution in [0.1, 0.15) is 47.2 Å². The summed E-state index contributed by atoms with van der Waals surface area (Å²) in [5.74, 6) is 0. The van der Waals surface area contributed by atoms with Crippen LogP contribution in [-0.2, 0) is 10.8 Å². The van der Waals surface area contributed by atoms with Crippen molar-refractivity contribution in [3.8, 4) is 50.2 Å². The highest BCUT2D eigenvalue weighted by molar-refractivity contribution is 6.14. The van der Waals surface area contributed by atoms with E-state index in [1.807, 2.05) is 0 Å². The fourth-order valence-electron chi connectivity index (χ4n) is 13.0. The zero-order valence-electron chi connectivity index (χ0n) is 39.0. The van der Waals surface area contributed by atoms with Crippen molar-refractivity contribution in [1.82, 2.24) is 4.57 Å². The molecule has 11 aromatic carbocycles. The first-order chi connectivity index (χ1) is 34.5. The Morgan fingerprint density at radius 3 is 1.50 bits per heavy atom. The van der Waals surface area contributed by atoms with Crippen molar-refractivity contribution in [3.63, 3.8) is 0 Å². The molecule has 70 heavy (non-hydrogen) atoms. The molecule has 1 heterocycles. The number of nitrogens with zero attached hydrogens (tertiary/aromatic N) is 2. The Morgan fingerprint density at radius 1 is 0.314 bits per heavy atom. The fourth-order valence-corrected chi connectivity index (χ4v) is 13.0. The molecule has 0 fully saturated rings. The number of fused-ring (bicyclic) bond motifs is 17. The summed E-state index contributed by atoms with van der Waals surface area (Å²) in [7, 11) is 0. The first kappa shape index (κ1) is 39.3. The van der Waals surface area contributed by atoms with Crippen molar-refractivity contribution < 1.29 is 0 Å². The Morgan fingerprint density at radius 2 is 0.814 bits per heavy atom. The van der Waals surface area contributed by atoms with Gasteiger partial charge in [-0.25, -0.2) is 0 Å². The van der Waals surface area contributed by atoms with Gasteiger partial charge < -0.3 is 9.47 Å². The maximum atomic E-state index is 2.48. The van der Waals surface area contributed by atoms with Crippen LogP contribution in [-0.4, -0.2) is 4.57 Å². The molecule has 0 amide bonds. The molecule has 1 spiro atoms. The predicted octanol–water partition coefficient (Wildman–Crippen LogP) is 17.7. The molecule has 0 N–H and O–H groups in total. The number of hydrogen-bond donors (Lipinski definition) is 0. The summed E-state index contributed by atoms with van der Waals surface area (Å²) < 4.78 is 2.48. The van der Waals surface area contributed by atoms with E-state index in [2.05, 4.69) is 266 Å². The van der Waals surface area contributed by atoms with E-state index in [0.29, 0.717) is 0 Å². The monoisotopic (exact) mass is 890 g/mol. The third-order valence-electron chi connectivity index (χ3n) is 16.2. The molecule has 0 saturated carbocycles. The maximum absolute atomic E-state index is 2.48. The molecule has 328 valence electrons. The SMILES string of the molecule is CC1(C)c2ccccc2-c2ccc(N(c3ccccc3)c3ccc4c5cc6ccccc6cc5n(-c5ccc(-c6ccc7c(c6)-c6ccccc6C76c7ccccc7-c7ccccc76)cc5)c4c3)cc21. The second kappa shape index (κ2) is 14.4. The molecule has 0 radical (unpaired) electrons. The van der Waals surface area contributed by atoms with Crippen LogP contribution in [0.2, 0.25) is 0 Å². The largest absolute Gasteiger partial charge is 0.310 e. The summed E-state index contributed by atoms with van der Waals surface area (Å²) >= 11 is 0. The standard InChI is InChI=1S/C68H46N2/c1-67(2)59-24-12-8-20-51(59)55-35-33-49(41-64(55)67)69(47-18-4-3-5-19-47)50-34-36-56-58-39-44-16-6-7-17-45(44)40-65(58)70(66(56)42-50)48-31-28-43(29-32-48)46-30-37-63-57(38-46)54-23-11-15-27-62(54)68(63)60-25-13-9-21-52(60)53-22-10-14-26-61(53)68/h3-42H,1-2H3. The van der Waals surface area contributed by atoms with Crippen LogP contribution in [0.4, 0.5) is 17.1 Å². The maximum Gasteiger partial charge on any atom is 0.0725 e. The summed E-state index contributed by atoms with van der Waals surface area (Å²) in [4.78, 5) is 2.43. The number of para-hydroxylation sites is 1. The highest BCUT2D eigenvalue weighted by atomic mass is 15.1. The van der Waals surface area contributed by atoms with E-state index in [9.17, 15) is 0 Å². The van der Waals surface area contributed by atoms with Crippen LogP contribution < -0.4 is 4.90 Å². The number of hydrogen-bond acceptors (Lipinski definition) is 1. The van der Waals surface area contributed by atoms with Gasteiger partial charge in [-0.3, -0.25) is 0 Å². The van der Waals surface area contributed by atoms with Gasteiger partial charge >= 0.3 is 0 Å². The molecule has 2 nitrogen and oxygen atoms in total. The Bertz CT molecular complexity index is 4110. The lowest BCUT2D eigenvalue weighted by Gasteiger charge is -2.30. The Hall–Kier alpha value is -8.72. The zero-order chi connectivity index (χ0) is 46.3. The summed E-state index contributed by atoms with van der Waals surface area (Å²) in [6.45, 7) is 4.72. The molecule has 1 aromatic heterocycles. The van der Waals surface area contributed by atoms with Gasteiger partial charge in [0.05, 0.1) is 16.4 Å². The molecule has 3 aliphatic rings. The highest BCUT2D eigenvalue weighted by Gasteiger charge is 2.51. The lowest BCUT2D eigenvalue weighted by atomic mass is 9.70. The Balaban J connectivity index is 0.883. The topological polar surface area (TPSA) is 8.17 Å². The van der Waals surface area contributed by atoms with Crippen LogP contribution in [0.25, 0.3) is 82.8 Å². The Labute approximate surface area is 408 Å². The van der Waals surface area contributed by atoms with E-state index in [0.717, 1.165) is 22.7 Å². The van der Waals surface area contributed by atoms with Crippen LogP contribution in [0, 0.1) is 0 Å². The zero-order valence-corrected chi connectivity index (χ0v) is 39.0. The van der Waals surface area contributed by atoms with Gasteiger partial charge in [-0.05, 0) is 155 Å². The average molecular weight is 891 g/mol. The minimum Gasteiger partial charge on any atom is -0.310 e. The third kappa shape index (κ3) is 5.28. The number of benzene rings is 11. The normalized spacial score (nSPS) is 14.1. The quantitative estimate of drug-likeness (QED) is 0.167. The van der Waals surface area contributed by atoms with Crippen molar-refractivity contribution in [2.24, 2.45) is 0 Å². The van der Waals surface area contributed by atoms with E-state index >= 15 is 0 Å². The van der Waals surface area contributed by atoms with E-state index in [1.165, 1.54) is 110 Å². The lowest BCUT2D eigenvalue weighted by Crippen LogP contribution is -2.25. The van der Waals surface area contributed by atoms with Gasteiger partial charge in [-0.1, -0.05) is 190 Å². The van der Waals surface area contributed by atoms with Gasteiger partial charge in [0.25, 0.3) is 0 Å². The van der Waals surface area contributed by atoms with Crippen molar-refractivity contribution >= 4 is 49.6 Å². The van der Waals surface area contributed by atoms with Gasteiger partial charge in [0, 0.05) is 38.9 Å². The molecule has 3 aliphatic carbocycles. The van der Waals surface area contributed by atoms with Crippen molar-refractivity contribution in [2.45, 2.75) is 24.7 Å². The van der Waals surface area contributed by atoms with Crippen LogP contribution in [0.3, 0.4) is 0 Å². The van der Waals surface area contributed by atoms with E-state index in [-0.39, 0.29) is 10.8 Å². The van der Waals surface area contributed by atoms with Crippen molar-refractivity contribution in [3.05, 3.63) is 276 Å². The highest BCUT2D eigenvalue weighted by Crippen LogP contribution is 2.63. The predicted molar refractivity (Wildman–Crippen MR) is 292 cm³/mol. The van der Waals surface area contributed by atoms with Gasteiger partial charge in [-0.2, -0.15) is 0 Å². The smallest absolute Gasteiger partial charge is 0.0725 e. The van der Waals surface area contributed by atoms with Gasteiger partial charge in [-0.15, -0.1) is 0 Å². The third-order valence-corrected chi connectivity index (χ3v) is 16.2. The van der Waals surface area contributed by atoms with Gasteiger partial charge in [0.15, 0.2) is 0 Å². The summed E-state index contributed by atoms with van der Waals surface area (Å²) in [6.07, 6.45) is 0. The molecule has 0 unspecified atom stereocenters. The first-order valence-electron chi connectivity index (χ1n) is 24.6. The van der Waals surface area contributed by atoms with E-state index in [1.54, 1.807) is 0 Å². The molecule has 15 rings (SSSR count). The van der Waals surface area contributed by atoms with Gasteiger partial charge in [0.1, 0.15) is 0 Å². The van der Waals surface area contributed by atoms with Gasteiger partial charge in [0.2, 0.25) is 0 Å². The van der Waals surface area contributed by atoms with Crippen molar-refractivity contribution in [2.75, 3.05) is 4.90 Å². The average Bonchev–Trinajstić information content (AvgIpc) is 4.08. The first-order valence-corrected chi connectivity index (χ1v) is 24.6. The molecule has 2 heteroatoms. The summed E-state index contributed by atoms with van der Waals surface area (Å²) in [5, 5.41) is 4.94. The Kier molecular flexibility index (Phi) is 8.08.